The van der Waals surface area contributed by atoms with Crippen molar-refractivity contribution in [2.45, 2.75) is 26.2 Å². The first kappa shape index (κ1) is 10.7. The molecule has 0 aromatic heterocycles. The molecule has 0 spiro atoms. The molecule has 0 radical (unpaired) electrons. The van der Waals surface area contributed by atoms with Crippen LogP contribution in [-0.4, -0.2) is 6.54 Å². The lowest BCUT2D eigenvalue weighted by Gasteiger charge is -2.13. The van der Waals surface area contributed by atoms with Gasteiger partial charge in [0.25, 0.3) is 0 Å². The van der Waals surface area contributed by atoms with Crippen LogP contribution in [0, 0.1) is 0 Å². The van der Waals surface area contributed by atoms with Crippen LogP contribution in [0.2, 0.25) is 0 Å². The summed E-state index contributed by atoms with van der Waals surface area (Å²) in [5.74, 6) is 0.461. The summed E-state index contributed by atoms with van der Waals surface area (Å²) in [4.78, 5) is 0. The molecular weight excluding hydrogens is 226 g/mol. The molecule has 2 N–H and O–H groups in total. The molecule has 13 heavy (non-hydrogen) atoms. The first-order valence-corrected chi connectivity index (χ1v) is 5.46. The van der Waals surface area contributed by atoms with Crippen LogP contribution in [0.4, 0.5) is 0 Å². The van der Waals surface area contributed by atoms with Gasteiger partial charge in [-0.1, -0.05) is 35.8 Å². The van der Waals surface area contributed by atoms with Crippen LogP contribution in [0.25, 0.3) is 0 Å². The van der Waals surface area contributed by atoms with E-state index >= 15 is 0 Å². The molecule has 1 unspecified atom stereocenters. The van der Waals surface area contributed by atoms with E-state index in [1.54, 1.807) is 0 Å². The summed E-state index contributed by atoms with van der Waals surface area (Å²) < 4.78 is 1.15. The third kappa shape index (κ3) is 2.55. The quantitative estimate of drug-likeness (QED) is 0.866. The number of halogens is 1. The number of hydrogen-bond donors (Lipinski definition) is 1. The molecule has 0 saturated heterocycles. The smallest absolute Gasteiger partial charge is 0.0178 e. The van der Waals surface area contributed by atoms with Crippen molar-refractivity contribution in [2.24, 2.45) is 5.73 Å². The molecule has 0 aliphatic carbocycles. The molecule has 1 nitrogen and oxygen atoms in total. The second-order valence-electron chi connectivity index (χ2n) is 3.33. The lowest BCUT2D eigenvalue weighted by molar-refractivity contribution is 0.761. The Bertz CT molecular complexity index is 283. The summed E-state index contributed by atoms with van der Waals surface area (Å²) in [5.41, 5.74) is 8.43. The summed E-state index contributed by atoms with van der Waals surface area (Å²) in [6.45, 7) is 5.06. The molecule has 0 amide bonds. The standard InChI is InChI=1S/C11H16BrN/c1-3-9-6-10(12)4-5-11(9)8(2)7-13/h4-6,8H,3,7,13H2,1-2H3. The third-order valence-electron chi connectivity index (χ3n) is 2.37. The third-order valence-corrected chi connectivity index (χ3v) is 2.86. The molecule has 1 atom stereocenters. The first-order chi connectivity index (χ1) is 6.19. The molecule has 0 heterocycles. The fourth-order valence-corrected chi connectivity index (χ4v) is 1.90. The zero-order valence-electron chi connectivity index (χ0n) is 8.18. The van der Waals surface area contributed by atoms with Crippen LogP contribution in [0.15, 0.2) is 22.7 Å². The van der Waals surface area contributed by atoms with E-state index in [4.69, 9.17) is 5.73 Å². The molecule has 1 aromatic rings. The lowest BCUT2D eigenvalue weighted by Crippen LogP contribution is -2.10. The van der Waals surface area contributed by atoms with E-state index in [1.165, 1.54) is 11.1 Å². The number of aryl methyl sites for hydroxylation is 1. The minimum Gasteiger partial charge on any atom is -0.330 e. The zero-order valence-corrected chi connectivity index (χ0v) is 9.76. The summed E-state index contributed by atoms with van der Waals surface area (Å²) >= 11 is 3.48. The van der Waals surface area contributed by atoms with Gasteiger partial charge in [-0.05, 0) is 42.1 Å². The maximum absolute atomic E-state index is 5.65. The fraction of sp³-hybridized carbons (Fsp3) is 0.455. The average molecular weight is 242 g/mol. The fourth-order valence-electron chi connectivity index (χ4n) is 1.49. The normalized spacial score (nSPS) is 12.9. The van der Waals surface area contributed by atoms with Gasteiger partial charge in [0.1, 0.15) is 0 Å². The van der Waals surface area contributed by atoms with Crippen molar-refractivity contribution in [3.05, 3.63) is 33.8 Å². The molecular formula is C11H16BrN. The van der Waals surface area contributed by atoms with E-state index in [0.29, 0.717) is 12.5 Å². The van der Waals surface area contributed by atoms with Gasteiger partial charge in [-0.3, -0.25) is 0 Å². The highest BCUT2D eigenvalue weighted by Gasteiger charge is 2.07. The van der Waals surface area contributed by atoms with Gasteiger partial charge in [-0.2, -0.15) is 0 Å². The van der Waals surface area contributed by atoms with E-state index in [-0.39, 0.29) is 0 Å². The first-order valence-electron chi connectivity index (χ1n) is 4.67. The van der Waals surface area contributed by atoms with Crippen molar-refractivity contribution >= 4 is 15.9 Å². The Balaban J connectivity index is 3.05. The van der Waals surface area contributed by atoms with Crippen LogP contribution < -0.4 is 5.73 Å². The van der Waals surface area contributed by atoms with Gasteiger partial charge in [-0.15, -0.1) is 0 Å². The van der Waals surface area contributed by atoms with E-state index < -0.39 is 0 Å². The summed E-state index contributed by atoms with van der Waals surface area (Å²) in [6, 6.07) is 6.43. The Labute approximate surface area is 88.5 Å². The van der Waals surface area contributed by atoms with Gasteiger partial charge in [0.15, 0.2) is 0 Å². The van der Waals surface area contributed by atoms with Gasteiger partial charge < -0.3 is 5.73 Å². The Morgan fingerprint density at radius 1 is 1.46 bits per heavy atom. The highest BCUT2D eigenvalue weighted by molar-refractivity contribution is 9.10. The molecule has 0 saturated carbocycles. The maximum Gasteiger partial charge on any atom is 0.0178 e. The number of rotatable bonds is 3. The molecule has 1 aromatic carbocycles. The Hall–Kier alpha value is -0.340. The molecule has 1 rings (SSSR count). The molecule has 0 bridgehead atoms. The minimum atomic E-state index is 0.461. The summed E-state index contributed by atoms with van der Waals surface area (Å²) in [6.07, 6.45) is 1.07. The van der Waals surface area contributed by atoms with Gasteiger partial charge >= 0.3 is 0 Å². The predicted molar refractivity (Wildman–Crippen MR) is 61.0 cm³/mol. The largest absolute Gasteiger partial charge is 0.330 e. The van der Waals surface area contributed by atoms with Crippen LogP contribution in [0.1, 0.15) is 30.9 Å². The molecule has 0 aliphatic rings. The van der Waals surface area contributed by atoms with Gasteiger partial charge in [0, 0.05) is 4.47 Å². The summed E-state index contributed by atoms with van der Waals surface area (Å²) in [7, 11) is 0. The van der Waals surface area contributed by atoms with E-state index in [0.717, 1.165) is 10.9 Å². The topological polar surface area (TPSA) is 26.0 Å². The molecule has 2 heteroatoms. The number of benzene rings is 1. The SMILES string of the molecule is CCc1cc(Br)ccc1C(C)CN. The Morgan fingerprint density at radius 2 is 2.15 bits per heavy atom. The summed E-state index contributed by atoms with van der Waals surface area (Å²) in [5, 5.41) is 0. The highest BCUT2D eigenvalue weighted by Crippen LogP contribution is 2.23. The number of hydrogen-bond acceptors (Lipinski definition) is 1. The van der Waals surface area contributed by atoms with Crippen molar-refractivity contribution in [3.8, 4) is 0 Å². The van der Waals surface area contributed by atoms with Crippen LogP contribution >= 0.6 is 15.9 Å². The van der Waals surface area contributed by atoms with E-state index in [1.807, 2.05) is 0 Å². The maximum atomic E-state index is 5.65. The van der Waals surface area contributed by atoms with Crippen molar-refractivity contribution in [2.75, 3.05) is 6.54 Å². The average Bonchev–Trinajstić information content (AvgIpc) is 2.16. The minimum absolute atomic E-state index is 0.461. The van der Waals surface area contributed by atoms with E-state index in [2.05, 4.69) is 48.0 Å². The van der Waals surface area contributed by atoms with E-state index in [9.17, 15) is 0 Å². The van der Waals surface area contributed by atoms with Gasteiger partial charge in [0.05, 0.1) is 0 Å². The van der Waals surface area contributed by atoms with Gasteiger partial charge in [0.2, 0.25) is 0 Å². The predicted octanol–water partition coefficient (Wildman–Crippen LogP) is 3.07. The van der Waals surface area contributed by atoms with Gasteiger partial charge in [-0.25, -0.2) is 0 Å². The Kier molecular flexibility index (Phi) is 3.94. The van der Waals surface area contributed by atoms with Crippen LogP contribution in [0.5, 0.6) is 0 Å². The monoisotopic (exact) mass is 241 g/mol. The second-order valence-corrected chi connectivity index (χ2v) is 4.25. The zero-order chi connectivity index (χ0) is 9.84. The molecule has 0 fully saturated rings. The van der Waals surface area contributed by atoms with Crippen molar-refractivity contribution in [3.63, 3.8) is 0 Å². The second kappa shape index (κ2) is 4.77. The molecule has 72 valence electrons. The molecule has 0 aliphatic heterocycles. The van der Waals surface area contributed by atoms with Crippen LogP contribution in [-0.2, 0) is 6.42 Å². The number of nitrogens with two attached hydrogens (primary N) is 1. The van der Waals surface area contributed by atoms with Crippen molar-refractivity contribution in [1.29, 1.82) is 0 Å². The lowest BCUT2D eigenvalue weighted by atomic mass is 9.95. The highest BCUT2D eigenvalue weighted by atomic mass is 79.9. The van der Waals surface area contributed by atoms with Crippen LogP contribution in [0.3, 0.4) is 0 Å². The van der Waals surface area contributed by atoms with Crippen molar-refractivity contribution in [1.82, 2.24) is 0 Å². The Morgan fingerprint density at radius 3 is 2.69 bits per heavy atom. The van der Waals surface area contributed by atoms with Crippen molar-refractivity contribution < 1.29 is 0 Å².